The average Bonchev–Trinajstić information content (AvgIpc) is 3.22. The molecule has 3 aromatic carbocycles. The van der Waals surface area contributed by atoms with Crippen LogP contribution >= 0.6 is 11.8 Å². The van der Waals surface area contributed by atoms with Gasteiger partial charge in [0, 0.05) is 18.7 Å². The Labute approximate surface area is 205 Å². The minimum Gasteiger partial charge on any atom is -0.491 e. The SMILES string of the molecule is CC(C)Oc1ccc(CNC(=O)c2ccc([C@@H]3SCC(=O)N3CCc3ccccc3)cc2)cc1. The summed E-state index contributed by atoms with van der Waals surface area (Å²) in [6.45, 7) is 5.11. The van der Waals surface area contributed by atoms with Crippen LogP contribution in [0.2, 0.25) is 0 Å². The Hall–Kier alpha value is -3.25. The highest BCUT2D eigenvalue weighted by Gasteiger charge is 2.32. The van der Waals surface area contributed by atoms with Crippen molar-refractivity contribution >= 4 is 23.6 Å². The molecule has 0 spiro atoms. The van der Waals surface area contributed by atoms with E-state index in [0.29, 0.717) is 24.4 Å². The highest BCUT2D eigenvalue weighted by atomic mass is 32.2. The smallest absolute Gasteiger partial charge is 0.251 e. The van der Waals surface area contributed by atoms with Crippen molar-refractivity contribution in [2.45, 2.75) is 38.3 Å². The van der Waals surface area contributed by atoms with E-state index in [9.17, 15) is 9.59 Å². The Balaban J connectivity index is 1.33. The molecule has 1 aliphatic rings. The zero-order chi connectivity index (χ0) is 23.9. The molecule has 0 bridgehead atoms. The Bertz CT molecular complexity index is 1100. The van der Waals surface area contributed by atoms with Gasteiger partial charge in [0.15, 0.2) is 0 Å². The molecule has 0 unspecified atom stereocenters. The maximum Gasteiger partial charge on any atom is 0.251 e. The van der Waals surface area contributed by atoms with Gasteiger partial charge in [-0.1, -0.05) is 54.6 Å². The van der Waals surface area contributed by atoms with Crippen LogP contribution in [-0.4, -0.2) is 35.1 Å². The largest absolute Gasteiger partial charge is 0.491 e. The fourth-order valence-corrected chi connectivity index (χ4v) is 5.13. The van der Waals surface area contributed by atoms with Crippen LogP contribution in [0.4, 0.5) is 0 Å². The van der Waals surface area contributed by atoms with Crippen molar-refractivity contribution in [1.82, 2.24) is 10.2 Å². The van der Waals surface area contributed by atoms with Gasteiger partial charge in [0.05, 0.1) is 11.9 Å². The topological polar surface area (TPSA) is 58.6 Å². The summed E-state index contributed by atoms with van der Waals surface area (Å²) in [5.41, 5.74) is 3.88. The van der Waals surface area contributed by atoms with E-state index in [1.807, 2.05) is 85.5 Å². The number of carbonyl (C=O) groups excluding carboxylic acids is 2. The molecule has 1 heterocycles. The summed E-state index contributed by atoms with van der Waals surface area (Å²) in [6.07, 6.45) is 0.958. The molecule has 0 aliphatic carbocycles. The van der Waals surface area contributed by atoms with Crippen LogP contribution < -0.4 is 10.1 Å². The first-order valence-electron chi connectivity index (χ1n) is 11.6. The summed E-state index contributed by atoms with van der Waals surface area (Å²) >= 11 is 1.64. The number of nitrogens with one attached hydrogen (secondary N) is 1. The van der Waals surface area contributed by atoms with Crippen LogP contribution in [0.15, 0.2) is 78.9 Å². The highest BCUT2D eigenvalue weighted by molar-refractivity contribution is 8.00. The molecule has 1 fully saturated rings. The van der Waals surface area contributed by atoms with E-state index in [-0.39, 0.29) is 23.3 Å². The predicted molar refractivity (Wildman–Crippen MR) is 137 cm³/mol. The minimum absolute atomic E-state index is 0.0140. The van der Waals surface area contributed by atoms with Gasteiger partial charge in [0.2, 0.25) is 5.91 Å². The molecule has 2 amide bonds. The monoisotopic (exact) mass is 474 g/mol. The molecule has 3 aromatic rings. The number of ether oxygens (including phenoxy) is 1. The molecular weight excluding hydrogens is 444 g/mol. The third-order valence-electron chi connectivity index (χ3n) is 5.66. The van der Waals surface area contributed by atoms with E-state index >= 15 is 0 Å². The first-order valence-corrected chi connectivity index (χ1v) is 12.6. The molecular formula is C28H30N2O3S. The second kappa shape index (κ2) is 11.3. The number of thioether (sulfide) groups is 1. The molecule has 0 radical (unpaired) electrons. The van der Waals surface area contributed by atoms with Gasteiger partial charge >= 0.3 is 0 Å². The molecule has 1 aliphatic heterocycles. The lowest BCUT2D eigenvalue weighted by Crippen LogP contribution is -2.30. The quantitative estimate of drug-likeness (QED) is 0.462. The van der Waals surface area contributed by atoms with Crippen molar-refractivity contribution in [3.05, 3.63) is 101 Å². The Kier molecular flexibility index (Phi) is 7.91. The molecule has 176 valence electrons. The lowest BCUT2D eigenvalue weighted by molar-refractivity contribution is -0.128. The second-order valence-electron chi connectivity index (χ2n) is 8.60. The third-order valence-corrected chi connectivity index (χ3v) is 6.91. The average molecular weight is 475 g/mol. The van der Waals surface area contributed by atoms with Crippen molar-refractivity contribution in [1.29, 1.82) is 0 Å². The summed E-state index contributed by atoms with van der Waals surface area (Å²) in [6, 6.07) is 25.6. The molecule has 1 atom stereocenters. The number of benzene rings is 3. The van der Waals surface area contributed by atoms with E-state index < -0.39 is 0 Å². The van der Waals surface area contributed by atoms with Crippen molar-refractivity contribution in [2.24, 2.45) is 0 Å². The number of rotatable bonds is 9. The van der Waals surface area contributed by atoms with Crippen LogP contribution in [-0.2, 0) is 17.8 Å². The van der Waals surface area contributed by atoms with Crippen molar-refractivity contribution < 1.29 is 14.3 Å². The zero-order valence-electron chi connectivity index (χ0n) is 19.6. The first-order chi connectivity index (χ1) is 16.5. The Morgan fingerprint density at radius 3 is 2.38 bits per heavy atom. The number of carbonyl (C=O) groups is 2. The summed E-state index contributed by atoms with van der Waals surface area (Å²) < 4.78 is 5.66. The van der Waals surface area contributed by atoms with Crippen LogP contribution in [0.1, 0.15) is 46.3 Å². The lowest BCUT2D eigenvalue weighted by Gasteiger charge is -2.24. The normalized spacial score (nSPS) is 15.6. The van der Waals surface area contributed by atoms with E-state index in [1.54, 1.807) is 11.8 Å². The minimum atomic E-state index is -0.120. The number of hydrogen-bond donors (Lipinski definition) is 1. The third kappa shape index (κ3) is 6.20. The number of nitrogens with zero attached hydrogens (tertiary/aromatic N) is 1. The second-order valence-corrected chi connectivity index (χ2v) is 9.67. The summed E-state index contributed by atoms with van der Waals surface area (Å²) in [7, 11) is 0. The highest BCUT2D eigenvalue weighted by Crippen LogP contribution is 2.38. The van der Waals surface area contributed by atoms with E-state index in [1.165, 1.54) is 5.56 Å². The maximum absolute atomic E-state index is 12.6. The van der Waals surface area contributed by atoms with Gasteiger partial charge in [-0.2, -0.15) is 0 Å². The zero-order valence-corrected chi connectivity index (χ0v) is 20.4. The Morgan fingerprint density at radius 2 is 1.71 bits per heavy atom. The lowest BCUT2D eigenvalue weighted by atomic mass is 10.1. The van der Waals surface area contributed by atoms with Gasteiger partial charge in [0.1, 0.15) is 11.1 Å². The standard InChI is InChI=1S/C28H30N2O3S/c1-20(2)33-25-14-8-22(9-15-25)18-29-27(32)23-10-12-24(13-11-23)28-30(26(31)19-34-28)17-16-21-6-4-3-5-7-21/h3-15,20,28H,16-19H2,1-2H3,(H,29,32)/t28-/m0/s1. The fourth-order valence-electron chi connectivity index (χ4n) is 3.91. The van der Waals surface area contributed by atoms with Gasteiger partial charge in [-0.15, -0.1) is 11.8 Å². The van der Waals surface area contributed by atoms with E-state index in [2.05, 4.69) is 17.4 Å². The number of hydrogen-bond acceptors (Lipinski definition) is 4. The molecule has 1 N–H and O–H groups in total. The molecule has 5 nitrogen and oxygen atoms in total. The fraction of sp³-hybridized carbons (Fsp3) is 0.286. The van der Waals surface area contributed by atoms with E-state index in [0.717, 1.165) is 23.3 Å². The maximum atomic E-state index is 12.6. The molecule has 0 saturated carbocycles. The molecule has 1 saturated heterocycles. The van der Waals surface area contributed by atoms with Crippen molar-refractivity contribution in [3.8, 4) is 5.75 Å². The Morgan fingerprint density at radius 1 is 1.00 bits per heavy atom. The summed E-state index contributed by atoms with van der Waals surface area (Å²) in [5, 5.41) is 2.96. The molecule has 4 rings (SSSR count). The van der Waals surface area contributed by atoms with Crippen LogP contribution in [0.5, 0.6) is 5.75 Å². The summed E-state index contributed by atoms with van der Waals surface area (Å²) in [4.78, 5) is 27.1. The first kappa shape index (κ1) is 23.9. The molecule has 34 heavy (non-hydrogen) atoms. The van der Waals surface area contributed by atoms with Crippen molar-refractivity contribution in [3.63, 3.8) is 0 Å². The summed E-state index contributed by atoms with van der Waals surface area (Å²) in [5.74, 6) is 1.35. The molecule has 0 aromatic heterocycles. The van der Waals surface area contributed by atoms with Crippen LogP contribution in [0, 0.1) is 0 Å². The number of amides is 2. The van der Waals surface area contributed by atoms with Gasteiger partial charge in [-0.25, -0.2) is 0 Å². The van der Waals surface area contributed by atoms with Gasteiger partial charge in [0.25, 0.3) is 5.91 Å². The van der Waals surface area contributed by atoms with Crippen molar-refractivity contribution in [2.75, 3.05) is 12.3 Å². The van der Waals surface area contributed by atoms with E-state index in [4.69, 9.17) is 4.74 Å². The van der Waals surface area contributed by atoms with Crippen LogP contribution in [0.25, 0.3) is 0 Å². The molecule has 6 heteroatoms. The van der Waals surface area contributed by atoms with Gasteiger partial charge in [-0.05, 0) is 61.2 Å². The van der Waals surface area contributed by atoms with Crippen LogP contribution in [0.3, 0.4) is 0 Å². The van der Waals surface area contributed by atoms with Gasteiger partial charge < -0.3 is 15.0 Å². The van der Waals surface area contributed by atoms with Gasteiger partial charge in [-0.3, -0.25) is 9.59 Å². The predicted octanol–water partition coefficient (Wildman–Crippen LogP) is 5.22.